The molecule has 0 spiro atoms. The Morgan fingerprint density at radius 1 is 1.03 bits per heavy atom. The molecule has 2 aliphatic rings. The normalized spacial score (nSPS) is 19.9. The van der Waals surface area contributed by atoms with Crippen LogP contribution in [0.25, 0.3) is 11.1 Å². The molecule has 2 atom stereocenters. The Morgan fingerprint density at radius 2 is 1.90 bits per heavy atom. The van der Waals surface area contributed by atoms with Crippen LogP contribution in [0.4, 0.5) is 0 Å². The number of hydrogen-bond donors (Lipinski definition) is 0. The van der Waals surface area contributed by atoms with Crippen LogP contribution in [-0.2, 0) is 17.8 Å². The fourth-order valence-corrected chi connectivity index (χ4v) is 4.81. The zero-order valence-electron chi connectivity index (χ0n) is 16.8. The number of carbonyl (C=O) groups excluding carboxylic acids is 1. The number of amides is 1. The van der Waals surface area contributed by atoms with E-state index in [4.69, 9.17) is 0 Å². The van der Waals surface area contributed by atoms with E-state index >= 15 is 0 Å². The lowest BCUT2D eigenvalue weighted by molar-refractivity contribution is -0.133. The minimum atomic E-state index is 0.0588. The first-order valence-corrected chi connectivity index (χ1v) is 10.5. The standard InChI is InChI=1S/C24H24N4O2/c29-23(7-6-21-13-25-8-9-26-21)27-14-17-10-20(16-27)22-11-19(12-24(30)28(22)15-17)18-4-2-1-3-5-18/h1-5,8-9,11-13,17,20H,6-7,10,14-16H2/t17-,20+/m0/s1. The maximum atomic E-state index is 12.9. The zero-order chi connectivity index (χ0) is 20.5. The van der Waals surface area contributed by atoms with Crippen molar-refractivity contribution in [1.29, 1.82) is 0 Å². The average Bonchev–Trinajstić information content (AvgIpc) is 2.79. The molecule has 1 aromatic carbocycles. The van der Waals surface area contributed by atoms with Crippen molar-refractivity contribution < 1.29 is 4.79 Å². The highest BCUT2D eigenvalue weighted by Crippen LogP contribution is 2.36. The third kappa shape index (κ3) is 3.65. The summed E-state index contributed by atoms with van der Waals surface area (Å²) in [6, 6.07) is 13.9. The van der Waals surface area contributed by atoms with Gasteiger partial charge in [-0.1, -0.05) is 30.3 Å². The van der Waals surface area contributed by atoms with Gasteiger partial charge in [0.05, 0.1) is 5.69 Å². The summed E-state index contributed by atoms with van der Waals surface area (Å²) >= 11 is 0. The monoisotopic (exact) mass is 400 g/mol. The Kier molecular flexibility index (Phi) is 4.91. The number of fused-ring (bicyclic) bond motifs is 4. The summed E-state index contributed by atoms with van der Waals surface area (Å²) in [6.45, 7) is 2.09. The summed E-state index contributed by atoms with van der Waals surface area (Å²) in [6.07, 6.45) is 7.09. The summed E-state index contributed by atoms with van der Waals surface area (Å²) in [5.74, 6) is 0.691. The first-order valence-electron chi connectivity index (χ1n) is 10.5. The largest absolute Gasteiger partial charge is 0.342 e. The van der Waals surface area contributed by atoms with Crippen LogP contribution in [-0.4, -0.2) is 38.4 Å². The number of nitrogens with zero attached hydrogens (tertiary/aromatic N) is 4. The Morgan fingerprint density at radius 3 is 2.70 bits per heavy atom. The fourth-order valence-electron chi connectivity index (χ4n) is 4.81. The van der Waals surface area contributed by atoms with Crippen LogP contribution in [0, 0.1) is 5.92 Å². The molecule has 30 heavy (non-hydrogen) atoms. The van der Waals surface area contributed by atoms with Crippen molar-refractivity contribution >= 4 is 5.91 Å². The van der Waals surface area contributed by atoms with Gasteiger partial charge in [0.2, 0.25) is 5.91 Å². The second-order valence-corrected chi connectivity index (χ2v) is 8.28. The van der Waals surface area contributed by atoms with E-state index in [1.54, 1.807) is 24.7 Å². The average molecular weight is 400 g/mol. The number of carbonyl (C=O) groups is 1. The molecule has 1 fully saturated rings. The van der Waals surface area contributed by atoms with Gasteiger partial charge < -0.3 is 9.47 Å². The molecule has 6 nitrogen and oxygen atoms in total. The van der Waals surface area contributed by atoms with Gasteiger partial charge in [0, 0.05) is 62.3 Å². The number of piperidine rings is 1. The van der Waals surface area contributed by atoms with Crippen molar-refractivity contribution in [3.05, 3.63) is 82.8 Å². The Hall–Kier alpha value is -3.28. The van der Waals surface area contributed by atoms with Gasteiger partial charge in [-0.3, -0.25) is 19.6 Å². The molecule has 152 valence electrons. The van der Waals surface area contributed by atoms with Crippen LogP contribution in [0.5, 0.6) is 0 Å². The molecule has 1 amide bonds. The number of hydrogen-bond acceptors (Lipinski definition) is 4. The number of pyridine rings is 1. The molecule has 3 aromatic rings. The Balaban J connectivity index is 1.36. The van der Waals surface area contributed by atoms with Crippen LogP contribution in [0.1, 0.15) is 30.1 Å². The summed E-state index contributed by atoms with van der Waals surface area (Å²) < 4.78 is 1.92. The quantitative estimate of drug-likeness (QED) is 0.675. The Bertz CT molecular complexity index is 1110. The number of benzene rings is 1. The third-order valence-corrected chi connectivity index (χ3v) is 6.23. The van der Waals surface area contributed by atoms with Gasteiger partial charge in [0.1, 0.15) is 0 Å². The van der Waals surface area contributed by atoms with E-state index in [0.717, 1.165) is 35.5 Å². The zero-order valence-corrected chi connectivity index (χ0v) is 16.8. The molecular formula is C24H24N4O2. The van der Waals surface area contributed by atoms with Gasteiger partial charge >= 0.3 is 0 Å². The highest BCUT2D eigenvalue weighted by atomic mass is 16.2. The van der Waals surface area contributed by atoms with Gasteiger partial charge in [-0.25, -0.2) is 0 Å². The van der Waals surface area contributed by atoms with Crippen LogP contribution in [0.15, 0.2) is 65.8 Å². The topological polar surface area (TPSA) is 68.1 Å². The Labute approximate surface area is 175 Å². The predicted molar refractivity (Wildman–Crippen MR) is 114 cm³/mol. The molecule has 0 aliphatic carbocycles. The smallest absolute Gasteiger partial charge is 0.251 e. The predicted octanol–water partition coefficient (Wildman–Crippen LogP) is 2.88. The van der Waals surface area contributed by atoms with E-state index in [9.17, 15) is 9.59 Å². The van der Waals surface area contributed by atoms with Crippen molar-refractivity contribution in [2.24, 2.45) is 5.92 Å². The maximum Gasteiger partial charge on any atom is 0.251 e. The number of likely N-dealkylation sites (tertiary alicyclic amines) is 1. The molecular weight excluding hydrogens is 376 g/mol. The molecule has 2 bridgehead atoms. The van der Waals surface area contributed by atoms with Crippen molar-refractivity contribution in [1.82, 2.24) is 19.4 Å². The molecule has 5 rings (SSSR count). The van der Waals surface area contributed by atoms with Crippen LogP contribution < -0.4 is 5.56 Å². The van der Waals surface area contributed by atoms with E-state index in [2.05, 4.69) is 16.0 Å². The van der Waals surface area contributed by atoms with Crippen molar-refractivity contribution in [3.8, 4) is 11.1 Å². The molecule has 4 heterocycles. The SMILES string of the molecule is O=C(CCc1cnccn1)N1C[C@@H]2C[C@H](C1)c1cc(-c3ccccc3)cc(=O)n1C2. The minimum Gasteiger partial charge on any atom is -0.342 e. The summed E-state index contributed by atoms with van der Waals surface area (Å²) in [5.41, 5.74) is 3.96. The van der Waals surface area contributed by atoms with Crippen molar-refractivity contribution in [2.75, 3.05) is 13.1 Å². The van der Waals surface area contributed by atoms with E-state index in [1.807, 2.05) is 39.8 Å². The maximum absolute atomic E-state index is 12.9. The number of aryl methyl sites for hydroxylation is 1. The van der Waals surface area contributed by atoms with Crippen LogP contribution in [0.2, 0.25) is 0 Å². The lowest BCUT2D eigenvalue weighted by Crippen LogP contribution is -2.49. The van der Waals surface area contributed by atoms with E-state index in [1.165, 1.54) is 0 Å². The third-order valence-electron chi connectivity index (χ3n) is 6.23. The van der Waals surface area contributed by atoms with E-state index in [0.29, 0.717) is 31.8 Å². The van der Waals surface area contributed by atoms with Crippen molar-refractivity contribution in [2.45, 2.75) is 31.7 Å². The highest BCUT2D eigenvalue weighted by Gasteiger charge is 2.36. The molecule has 0 unspecified atom stereocenters. The number of aromatic nitrogens is 3. The first kappa shape index (κ1) is 18.7. The molecule has 1 saturated heterocycles. The lowest BCUT2D eigenvalue weighted by atomic mass is 9.82. The summed E-state index contributed by atoms with van der Waals surface area (Å²) in [5, 5.41) is 0. The molecule has 2 aliphatic heterocycles. The minimum absolute atomic E-state index is 0.0588. The molecule has 6 heteroatoms. The molecule has 2 aromatic heterocycles. The van der Waals surface area contributed by atoms with E-state index < -0.39 is 0 Å². The first-order chi connectivity index (χ1) is 14.7. The summed E-state index contributed by atoms with van der Waals surface area (Å²) in [4.78, 5) is 36.0. The number of rotatable bonds is 4. The second-order valence-electron chi connectivity index (χ2n) is 8.28. The highest BCUT2D eigenvalue weighted by molar-refractivity contribution is 5.76. The molecule has 0 radical (unpaired) electrons. The molecule has 0 saturated carbocycles. The second kappa shape index (κ2) is 7.86. The van der Waals surface area contributed by atoms with Gasteiger partial charge in [-0.05, 0) is 36.0 Å². The molecule has 0 N–H and O–H groups in total. The summed E-state index contributed by atoms with van der Waals surface area (Å²) in [7, 11) is 0. The lowest BCUT2D eigenvalue weighted by Gasteiger charge is -2.43. The van der Waals surface area contributed by atoms with Gasteiger partial charge in [-0.2, -0.15) is 0 Å². The van der Waals surface area contributed by atoms with Crippen LogP contribution >= 0.6 is 0 Å². The van der Waals surface area contributed by atoms with Gasteiger partial charge in [-0.15, -0.1) is 0 Å². The fraction of sp³-hybridized carbons (Fsp3) is 0.333. The van der Waals surface area contributed by atoms with Crippen LogP contribution in [0.3, 0.4) is 0 Å². The van der Waals surface area contributed by atoms with Crippen molar-refractivity contribution in [3.63, 3.8) is 0 Å². The van der Waals surface area contributed by atoms with E-state index in [-0.39, 0.29) is 17.4 Å². The van der Waals surface area contributed by atoms with Gasteiger partial charge in [0.15, 0.2) is 0 Å². The van der Waals surface area contributed by atoms with Gasteiger partial charge in [0.25, 0.3) is 5.56 Å².